The first-order valence-electron chi connectivity index (χ1n) is 24.3. The molecule has 13 rings (SSSR count). The minimum atomic E-state index is -0.498. The highest BCUT2D eigenvalue weighted by atomic mass is 16.3. The molecular weight excluding hydrogens is 793 g/mol. The number of aromatic nitrogens is 4. The molecule has 1 aliphatic rings. The van der Waals surface area contributed by atoms with Gasteiger partial charge in [0.25, 0.3) is 0 Å². The molecule has 0 fully saturated rings. The van der Waals surface area contributed by atoms with Crippen LogP contribution in [0.1, 0.15) is 31.8 Å². The van der Waals surface area contributed by atoms with Gasteiger partial charge < -0.3 is 8.98 Å². The lowest BCUT2D eigenvalue weighted by Crippen LogP contribution is -2.15. The first-order valence-corrected chi connectivity index (χ1v) is 21.8. The third-order valence-corrected chi connectivity index (χ3v) is 13.1. The molecule has 0 saturated heterocycles. The van der Waals surface area contributed by atoms with E-state index in [4.69, 9.17) is 26.2 Å². The number of benzene rings is 9. The van der Waals surface area contributed by atoms with Crippen LogP contribution in [-0.2, 0) is 5.41 Å². The fraction of sp³-hybridized carbons (Fsp3) is 0.0500. The van der Waals surface area contributed by atoms with Crippen molar-refractivity contribution in [2.45, 2.75) is 19.3 Å². The van der Waals surface area contributed by atoms with E-state index in [2.05, 4.69) is 140 Å². The van der Waals surface area contributed by atoms with Crippen LogP contribution < -0.4 is 0 Å². The molecule has 0 bridgehead atoms. The Morgan fingerprint density at radius 1 is 0.446 bits per heavy atom. The largest absolute Gasteiger partial charge is 0.455 e. The first kappa shape index (κ1) is 32.3. The maximum atomic E-state index is 9.12. The lowest BCUT2D eigenvalue weighted by Gasteiger charge is -2.21. The summed E-state index contributed by atoms with van der Waals surface area (Å²) in [7, 11) is 0. The minimum absolute atomic E-state index is 0.0509. The van der Waals surface area contributed by atoms with Crippen molar-refractivity contribution in [3.8, 4) is 73.2 Å². The van der Waals surface area contributed by atoms with Crippen molar-refractivity contribution in [2.24, 2.45) is 0 Å². The summed E-state index contributed by atoms with van der Waals surface area (Å²) >= 11 is 0. The number of hydrogen-bond acceptors (Lipinski definition) is 4. The van der Waals surface area contributed by atoms with Gasteiger partial charge in [0.1, 0.15) is 11.2 Å². The van der Waals surface area contributed by atoms with Crippen LogP contribution in [0.5, 0.6) is 0 Å². The third kappa shape index (κ3) is 5.82. The normalized spacial score (nSPS) is 14.0. The molecule has 9 aromatic carbocycles. The summed E-state index contributed by atoms with van der Waals surface area (Å²) in [6.07, 6.45) is 0. The van der Waals surface area contributed by atoms with Crippen LogP contribution in [-0.4, -0.2) is 19.5 Å². The summed E-state index contributed by atoms with van der Waals surface area (Å²) in [5.41, 5.74) is 13.7. The molecule has 306 valence electrons. The van der Waals surface area contributed by atoms with Gasteiger partial charge in [-0.1, -0.05) is 178 Å². The summed E-state index contributed by atoms with van der Waals surface area (Å²) in [6, 6.07) is 58.3. The van der Waals surface area contributed by atoms with Gasteiger partial charge in [0, 0.05) is 43.8 Å². The summed E-state index contributed by atoms with van der Waals surface area (Å²) in [6.45, 7) is 4.42. The topological polar surface area (TPSA) is 56.7 Å². The smallest absolute Gasteiger partial charge is 0.167 e. The van der Waals surface area contributed by atoms with Crippen LogP contribution in [0, 0.1) is 0 Å². The van der Waals surface area contributed by atoms with Crippen molar-refractivity contribution >= 4 is 43.7 Å². The number of para-hydroxylation sites is 2. The van der Waals surface area contributed by atoms with E-state index in [0.29, 0.717) is 22.3 Å². The van der Waals surface area contributed by atoms with Crippen molar-refractivity contribution in [3.05, 3.63) is 217 Å². The Morgan fingerprint density at radius 2 is 1.08 bits per heavy atom. The van der Waals surface area contributed by atoms with Gasteiger partial charge in [-0.2, -0.15) is 0 Å². The van der Waals surface area contributed by atoms with Crippen LogP contribution in [0.15, 0.2) is 211 Å². The van der Waals surface area contributed by atoms with Gasteiger partial charge in [-0.05, 0) is 87.0 Å². The van der Waals surface area contributed by atoms with Crippen LogP contribution in [0.4, 0.5) is 0 Å². The fourth-order valence-electron chi connectivity index (χ4n) is 10.1. The quantitative estimate of drug-likeness (QED) is 0.167. The molecule has 5 heteroatoms. The molecule has 3 heterocycles. The highest BCUT2D eigenvalue weighted by Crippen LogP contribution is 2.50. The van der Waals surface area contributed by atoms with Gasteiger partial charge >= 0.3 is 0 Å². The summed E-state index contributed by atoms with van der Waals surface area (Å²) in [4.78, 5) is 15.4. The Morgan fingerprint density at radius 3 is 1.88 bits per heavy atom. The Hall–Kier alpha value is -8.41. The van der Waals surface area contributed by atoms with Gasteiger partial charge in [0.15, 0.2) is 17.5 Å². The first-order chi connectivity index (χ1) is 34.0. The monoisotopic (exact) mass is 837 g/mol. The minimum Gasteiger partial charge on any atom is -0.455 e. The predicted octanol–water partition coefficient (Wildman–Crippen LogP) is 15.5. The number of fused-ring (bicyclic) bond motifs is 9. The molecule has 0 aliphatic heterocycles. The van der Waals surface area contributed by atoms with E-state index in [1.54, 1.807) is 0 Å². The highest BCUT2D eigenvalue weighted by molar-refractivity contribution is 6.17. The molecule has 0 amide bonds. The SMILES string of the molecule is [2H]c1c([2H])c([2H])c(-c2nc(-c3ccc4c(c3)C(C)(C)c3ccccc3-4)nc(-c3cc(-n4c5ccccc5c5ccccc54)cc4c3oc3cccc(-c5cccc(-c6ccccc6)c5)c34)n2)c([2H])c1[2H]. The zero-order valence-corrected chi connectivity index (χ0v) is 35.4. The van der Waals surface area contributed by atoms with Crippen molar-refractivity contribution in [1.29, 1.82) is 0 Å². The molecule has 0 radical (unpaired) electrons. The Balaban J connectivity index is 1.13. The van der Waals surface area contributed by atoms with Crippen molar-refractivity contribution in [2.75, 3.05) is 0 Å². The van der Waals surface area contributed by atoms with Crippen molar-refractivity contribution < 1.29 is 11.3 Å². The second-order valence-corrected chi connectivity index (χ2v) is 17.2. The molecule has 5 nitrogen and oxygen atoms in total. The molecular formula is C60H40N4O. The lowest BCUT2D eigenvalue weighted by atomic mass is 9.82. The van der Waals surface area contributed by atoms with Gasteiger partial charge in [0.2, 0.25) is 0 Å². The molecule has 0 spiro atoms. The number of hydrogen-bond donors (Lipinski definition) is 0. The highest BCUT2D eigenvalue weighted by Gasteiger charge is 2.35. The molecule has 0 N–H and O–H groups in total. The second-order valence-electron chi connectivity index (χ2n) is 17.2. The molecule has 0 unspecified atom stereocenters. The summed E-state index contributed by atoms with van der Waals surface area (Å²) < 4.78 is 53.3. The Kier molecular flexibility index (Phi) is 7.11. The zero-order valence-electron chi connectivity index (χ0n) is 40.4. The van der Waals surface area contributed by atoms with E-state index >= 15 is 0 Å². The average Bonchev–Trinajstić information content (AvgIpc) is 4.02. The third-order valence-electron chi connectivity index (χ3n) is 13.1. The summed E-state index contributed by atoms with van der Waals surface area (Å²) in [5, 5.41) is 3.94. The molecule has 0 atom stereocenters. The van der Waals surface area contributed by atoms with E-state index in [1.807, 2.05) is 54.6 Å². The molecule has 12 aromatic rings. The van der Waals surface area contributed by atoms with Crippen molar-refractivity contribution in [3.63, 3.8) is 0 Å². The van der Waals surface area contributed by atoms with E-state index in [-0.39, 0.29) is 28.5 Å². The van der Waals surface area contributed by atoms with Crippen LogP contribution in [0.25, 0.3) is 117 Å². The van der Waals surface area contributed by atoms with Gasteiger partial charge in [-0.25, -0.2) is 15.0 Å². The fourth-order valence-corrected chi connectivity index (χ4v) is 10.1. The standard InChI is InChI=1S/C60H40N4O/c1-60(2)50-27-12-9-23-44(50)45-32-31-41(34-51(45)60)58-61-57(38-19-7-4-8-20-38)62-59(63-58)49-36-42(64-52-28-13-10-24-46(52)47-25-11-14-29-53(47)64)35-48-55-43(26-16-30-54(55)65-56(48)49)40-22-15-21-39(33-40)37-17-5-3-6-18-37/h3-36H,1-2H3/i4D,7D,8D,19D,20D. The van der Waals surface area contributed by atoms with E-state index in [1.165, 1.54) is 11.1 Å². The second kappa shape index (κ2) is 14.3. The molecule has 65 heavy (non-hydrogen) atoms. The Labute approximate surface area is 383 Å². The van der Waals surface area contributed by atoms with Gasteiger partial charge in [0.05, 0.1) is 23.5 Å². The van der Waals surface area contributed by atoms with Crippen molar-refractivity contribution in [1.82, 2.24) is 19.5 Å². The average molecular weight is 838 g/mol. The maximum Gasteiger partial charge on any atom is 0.167 e. The number of nitrogens with zero attached hydrogens (tertiary/aromatic N) is 4. The van der Waals surface area contributed by atoms with Gasteiger partial charge in [-0.3, -0.25) is 0 Å². The number of furan rings is 1. The van der Waals surface area contributed by atoms with E-state index < -0.39 is 30.2 Å². The number of rotatable bonds is 6. The van der Waals surface area contributed by atoms with Crippen LogP contribution >= 0.6 is 0 Å². The molecule has 3 aromatic heterocycles. The van der Waals surface area contributed by atoms with E-state index in [9.17, 15) is 0 Å². The van der Waals surface area contributed by atoms with Crippen LogP contribution in [0.2, 0.25) is 0 Å². The molecule has 1 aliphatic carbocycles. The Bertz CT molecular complexity index is 4090. The maximum absolute atomic E-state index is 9.12. The van der Waals surface area contributed by atoms with E-state index in [0.717, 1.165) is 71.6 Å². The predicted molar refractivity (Wildman–Crippen MR) is 266 cm³/mol. The van der Waals surface area contributed by atoms with Crippen LogP contribution in [0.3, 0.4) is 0 Å². The lowest BCUT2D eigenvalue weighted by molar-refractivity contribution is 0.660. The molecule has 0 saturated carbocycles. The summed E-state index contributed by atoms with van der Waals surface area (Å²) in [5.74, 6) is 0.449. The zero-order chi connectivity index (χ0) is 47.6. The van der Waals surface area contributed by atoms with Gasteiger partial charge in [-0.15, -0.1) is 0 Å².